The zero-order valence-electron chi connectivity index (χ0n) is 19.1. The van der Waals surface area contributed by atoms with Crippen molar-refractivity contribution in [3.8, 4) is 11.3 Å². The lowest BCUT2D eigenvalue weighted by Crippen LogP contribution is -2.40. The summed E-state index contributed by atoms with van der Waals surface area (Å²) in [6.45, 7) is 1.96. The number of pyridine rings is 1. The third kappa shape index (κ3) is 4.79. The van der Waals surface area contributed by atoms with Crippen LogP contribution in [0.4, 0.5) is 8.78 Å². The highest BCUT2D eigenvalue weighted by Crippen LogP contribution is 2.30. The maximum Gasteiger partial charge on any atom is 0.339 e. The first-order valence-electron chi connectivity index (χ1n) is 10.5. The van der Waals surface area contributed by atoms with E-state index < -0.39 is 28.9 Å². The first-order valence-corrected chi connectivity index (χ1v) is 10.5. The molecule has 3 aromatic heterocycles. The third-order valence-electron chi connectivity index (χ3n) is 5.63. The minimum absolute atomic E-state index is 0.0114. The number of carbonyl (C=O) groups is 2. The molecule has 0 fully saturated rings. The van der Waals surface area contributed by atoms with Crippen molar-refractivity contribution in [3.05, 3.63) is 89.1 Å². The molecule has 4 aromatic rings. The van der Waals surface area contributed by atoms with Crippen molar-refractivity contribution in [1.82, 2.24) is 25.2 Å². The summed E-state index contributed by atoms with van der Waals surface area (Å²) in [5, 5.41) is 10.7. The second-order valence-electron chi connectivity index (χ2n) is 8.04. The number of nitrogens with zero attached hydrogens (tertiary/aromatic N) is 4. The molecule has 0 saturated carbocycles. The molecule has 1 unspecified atom stereocenters. The summed E-state index contributed by atoms with van der Waals surface area (Å²) < 4.78 is 38.7. The highest BCUT2D eigenvalue weighted by Gasteiger charge is 2.33. The second kappa shape index (κ2) is 9.45. The summed E-state index contributed by atoms with van der Waals surface area (Å²) in [6, 6.07) is 7.54. The van der Waals surface area contributed by atoms with Gasteiger partial charge in [-0.1, -0.05) is 5.16 Å². The van der Waals surface area contributed by atoms with Crippen molar-refractivity contribution < 1.29 is 27.6 Å². The van der Waals surface area contributed by atoms with E-state index in [0.29, 0.717) is 5.69 Å². The van der Waals surface area contributed by atoms with Gasteiger partial charge in [0.15, 0.2) is 11.5 Å². The van der Waals surface area contributed by atoms with E-state index in [1.165, 1.54) is 25.4 Å². The van der Waals surface area contributed by atoms with Gasteiger partial charge in [-0.3, -0.25) is 14.5 Å². The molecular weight excluding hydrogens is 460 g/mol. The van der Waals surface area contributed by atoms with Crippen LogP contribution in [0.25, 0.3) is 11.3 Å². The van der Waals surface area contributed by atoms with Gasteiger partial charge in [-0.25, -0.2) is 13.6 Å². The number of hydrogen-bond donors (Lipinski definition) is 1. The smallest absolute Gasteiger partial charge is 0.339 e. The zero-order valence-corrected chi connectivity index (χ0v) is 19.1. The molecule has 11 heteroatoms. The predicted octanol–water partition coefficient (Wildman–Crippen LogP) is 3.27. The van der Waals surface area contributed by atoms with E-state index in [2.05, 4.69) is 20.6 Å². The number of aromatic nitrogens is 4. The number of carbonyl (C=O) groups excluding carboxylic acids is 2. The lowest BCUT2D eigenvalue weighted by molar-refractivity contribution is 0.0600. The Labute approximate surface area is 198 Å². The molecule has 35 heavy (non-hydrogen) atoms. The lowest BCUT2D eigenvalue weighted by atomic mass is 9.80. The van der Waals surface area contributed by atoms with Crippen LogP contribution >= 0.6 is 0 Å². The topological polar surface area (TPSA) is 112 Å². The van der Waals surface area contributed by atoms with Gasteiger partial charge in [0.25, 0.3) is 5.91 Å². The van der Waals surface area contributed by atoms with Crippen LogP contribution in [0, 0.1) is 11.6 Å². The van der Waals surface area contributed by atoms with E-state index in [0.717, 1.165) is 17.7 Å². The van der Waals surface area contributed by atoms with Gasteiger partial charge in [-0.2, -0.15) is 5.10 Å². The van der Waals surface area contributed by atoms with Crippen LogP contribution in [0.15, 0.2) is 59.5 Å². The average molecular weight is 481 g/mol. The number of amides is 1. The van der Waals surface area contributed by atoms with Crippen molar-refractivity contribution in [1.29, 1.82) is 0 Å². The van der Waals surface area contributed by atoms with Crippen molar-refractivity contribution in [2.24, 2.45) is 7.05 Å². The quantitative estimate of drug-likeness (QED) is 0.403. The molecule has 0 spiro atoms. The van der Waals surface area contributed by atoms with E-state index in [9.17, 15) is 18.4 Å². The van der Waals surface area contributed by atoms with Gasteiger partial charge in [-0.05, 0) is 31.2 Å². The number of ether oxygens (including phenoxy) is 1. The molecule has 0 radical (unpaired) electrons. The van der Waals surface area contributed by atoms with Crippen molar-refractivity contribution in [2.75, 3.05) is 13.7 Å². The molecule has 1 aromatic carbocycles. The first kappa shape index (κ1) is 23.7. The van der Waals surface area contributed by atoms with E-state index in [4.69, 9.17) is 9.26 Å². The van der Waals surface area contributed by atoms with Crippen LogP contribution in [0.3, 0.4) is 0 Å². The number of aryl methyl sites for hydroxylation is 1. The van der Waals surface area contributed by atoms with E-state index in [1.807, 2.05) is 6.92 Å². The SMILES string of the molecule is COC(=O)c1ccc(C(C)(CNC(=O)c2cc(-c3ccc(F)cc3F)on2)c2cnn(C)c2)nc1. The Morgan fingerprint density at radius 1 is 1.17 bits per heavy atom. The van der Waals surface area contributed by atoms with Crippen LogP contribution in [0.5, 0.6) is 0 Å². The molecule has 180 valence electrons. The number of methoxy groups -OCH3 is 1. The summed E-state index contributed by atoms with van der Waals surface area (Å²) in [7, 11) is 3.05. The number of esters is 1. The first-order chi connectivity index (χ1) is 16.7. The molecule has 4 rings (SSSR count). The summed E-state index contributed by atoms with van der Waals surface area (Å²) >= 11 is 0. The number of hydrogen-bond acceptors (Lipinski definition) is 7. The highest BCUT2D eigenvalue weighted by atomic mass is 19.1. The molecule has 1 amide bonds. The van der Waals surface area contributed by atoms with Crippen molar-refractivity contribution >= 4 is 11.9 Å². The number of rotatable bonds is 7. The Kier molecular flexibility index (Phi) is 6.41. The normalized spacial score (nSPS) is 12.7. The summed E-state index contributed by atoms with van der Waals surface area (Å²) in [5.74, 6) is -2.66. The van der Waals surface area contributed by atoms with Crippen LogP contribution < -0.4 is 5.32 Å². The second-order valence-corrected chi connectivity index (χ2v) is 8.04. The predicted molar refractivity (Wildman–Crippen MR) is 119 cm³/mol. The van der Waals surface area contributed by atoms with Gasteiger partial charge in [0.1, 0.15) is 11.6 Å². The lowest BCUT2D eigenvalue weighted by Gasteiger charge is -2.28. The van der Waals surface area contributed by atoms with Crippen molar-refractivity contribution in [2.45, 2.75) is 12.3 Å². The summed E-state index contributed by atoms with van der Waals surface area (Å²) in [6.07, 6.45) is 4.86. The van der Waals surface area contributed by atoms with E-state index >= 15 is 0 Å². The van der Waals surface area contributed by atoms with Gasteiger partial charge in [0.05, 0.1) is 35.5 Å². The molecule has 0 aliphatic rings. The Morgan fingerprint density at radius 3 is 2.60 bits per heavy atom. The third-order valence-corrected chi connectivity index (χ3v) is 5.63. The van der Waals surface area contributed by atoms with Crippen molar-refractivity contribution in [3.63, 3.8) is 0 Å². The zero-order chi connectivity index (χ0) is 25.2. The van der Waals surface area contributed by atoms with Gasteiger partial charge < -0.3 is 14.6 Å². The Bertz CT molecular complexity index is 1380. The number of nitrogens with one attached hydrogen (secondary N) is 1. The fourth-order valence-electron chi connectivity index (χ4n) is 3.55. The van der Waals surface area contributed by atoms with Gasteiger partial charge in [0, 0.05) is 43.7 Å². The van der Waals surface area contributed by atoms with Crippen LogP contribution in [0.2, 0.25) is 0 Å². The van der Waals surface area contributed by atoms with Gasteiger partial charge in [-0.15, -0.1) is 0 Å². The number of benzene rings is 1. The maximum atomic E-state index is 14.1. The molecule has 0 saturated heterocycles. The molecule has 1 N–H and O–H groups in total. The Hall–Kier alpha value is -4.41. The standard InChI is InChI=1S/C24H21F2N5O4/c1-24(15-11-29-31(2)12-15,21-7-4-14(10-27-21)23(33)34-3)13-28-22(32)19-9-20(35-30-19)17-6-5-16(25)8-18(17)26/h4-12H,13H2,1-3H3,(H,28,32). The van der Waals surface area contributed by atoms with Crippen LogP contribution in [-0.4, -0.2) is 45.5 Å². The fraction of sp³-hybridized carbons (Fsp3) is 0.208. The van der Waals surface area contributed by atoms with E-state index in [-0.39, 0.29) is 29.1 Å². The molecular formula is C24H21F2N5O4. The minimum atomic E-state index is -0.835. The molecule has 0 aliphatic carbocycles. The number of halogens is 2. The summed E-state index contributed by atoms with van der Waals surface area (Å²) in [5.41, 5.74) is 0.714. The molecule has 0 bridgehead atoms. The van der Waals surface area contributed by atoms with Crippen LogP contribution in [-0.2, 0) is 17.2 Å². The molecule has 9 nitrogen and oxygen atoms in total. The van der Waals surface area contributed by atoms with Crippen LogP contribution in [0.1, 0.15) is 39.0 Å². The van der Waals surface area contributed by atoms with Gasteiger partial charge >= 0.3 is 5.97 Å². The minimum Gasteiger partial charge on any atom is -0.465 e. The fourth-order valence-corrected chi connectivity index (χ4v) is 3.55. The maximum absolute atomic E-state index is 14.1. The Morgan fingerprint density at radius 2 is 1.97 bits per heavy atom. The van der Waals surface area contributed by atoms with E-state index in [1.54, 1.807) is 36.3 Å². The van der Waals surface area contributed by atoms with Gasteiger partial charge in [0.2, 0.25) is 0 Å². The highest BCUT2D eigenvalue weighted by molar-refractivity contribution is 5.93. The molecule has 3 heterocycles. The largest absolute Gasteiger partial charge is 0.465 e. The molecule has 1 atom stereocenters. The monoisotopic (exact) mass is 481 g/mol. The molecule has 0 aliphatic heterocycles. The average Bonchev–Trinajstić information content (AvgIpc) is 3.52. The Balaban J connectivity index is 1.57. The summed E-state index contributed by atoms with van der Waals surface area (Å²) in [4.78, 5) is 29.0.